The first-order valence-corrected chi connectivity index (χ1v) is 16.8. The lowest BCUT2D eigenvalue weighted by molar-refractivity contribution is 0.102. The number of pyridine rings is 1. The molecule has 258 valence electrons. The van der Waals surface area contributed by atoms with Gasteiger partial charge in [-0.1, -0.05) is 37.3 Å². The lowest BCUT2D eigenvalue weighted by Gasteiger charge is -2.29. The maximum atomic E-state index is 13.6. The number of para-hydroxylation sites is 1. The number of ether oxygens (including phenoxy) is 4. The molecule has 0 radical (unpaired) electrons. The summed E-state index contributed by atoms with van der Waals surface area (Å²) in [5.41, 5.74) is 6.03. The van der Waals surface area contributed by atoms with Crippen molar-refractivity contribution >= 4 is 34.1 Å². The summed E-state index contributed by atoms with van der Waals surface area (Å²) in [5, 5.41) is 6.67. The van der Waals surface area contributed by atoms with Gasteiger partial charge in [0.2, 0.25) is 0 Å². The molecule has 6 rings (SSSR count). The molecule has 0 unspecified atom stereocenters. The Bertz CT molecular complexity index is 2000. The van der Waals surface area contributed by atoms with Crippen molar-refractivity contribution in [3.05, 3.63) is 113 Å². The number of rotatable bonds is 13. The number of nitrogens with one attached hydrogen (secondary N) is 2. The second-order valence-electron chi connectivity index (χ2n) is 12.2. The molecule has 1 aliphatic heterocycles. The van der Waals surface area contributed by atoms with Crippen LogP contribution in [0.1, 0.15) is 50.8 Å². The van der Waals surface area contributed by atoms with Crippen molar-refractivity contribution in [3.63, 3.8) is 0 Å². The van der Waals surface area contributed by atoms with Crippen LogP contribution in [0.15, 0.2) is 85.1 Å². The summed E-state index contributed by atoms with van der Waals surface area (Å²) < 4.78 is 22.5. The zero-order valence-electron chi connectivity index (χ0n) is 28.9. The van der Waals surface area contributed by atoms with Gasteiger partial charge in [-0.05, 0) is 78.4 Å². The van der Waals surface area contributed by atoms with Gasteiger partial charge in [0.05, 0.1) is 50.3 Å². The summed E-state index contributed by atoms with van der Waals surface area (Å²) in [6, 6.07) is 24.5. The van der Waals surface area contributed by atoms with Gasteiger partial charge >= 0.3 is 0 Å². The fourth-order valence-electron chi connectivity index (χ4n) is 6.10. The van der Waals surface area contributed by atoms with Crippen molar-refractivity contribution < 1.29 is 28.5 Å². The first-order chi connectivity index (χ1) is 24.4. The summed E-state index contributed by atoms with van der Waals surface area (Å²) in [6.45, 7) is 5.50. The number of carbonyl (C=O) groups is 2. The number of hydrogen-bond donors (Lipinski definition) is 2. The number of carbonyl (C=O) groups excluding carboxylic acids is 2. The molecule has 2 N–H and O–H groups in total. The van der Waals surface area contributed by atoms with E-state index in [-0.39, 0.29) is 11.3 Å². The maximum Gasteiger partial charge on any atom is 0.257 e. The molecule has 2 heterocycles. The van der Waals surface area contributed by atoms with Crippen LogP contribution in [0, 0.1) is 0 Å². The molecule has 4 aromatic carbocycles. The number of methoxy groups -OCH3 is 3. The van der Waals surface area contributed by atoms with Gasteiger partial charge in [0, 0.05) is 43.0 Å². The molecule has 0 bridgehead atoms. The van der Waals surface area contributed by atoms with Gasteiger partial charge in [0.1, 0.15) is 0 Å². The van der Waals surface area contributed by atoms with Crippen molar-refractivity contribution in [1.29, 1.82) is 0 Å². The van der Waals surface area contributed by atoms with E-state index in [2.05, 4.69) is 39.6 Å². The Morgan fingerprint density at radius 3 is 2.28 bits per heavy atom. The van der Waals surface area contributed by atoms with Gasteiger partial charge in [-0.25, -0.2) is 0 Å². The highest BCUT2D eigenvalue weighted by Crippen LogP contribution is 2.35. The number of aromatic nitrogens is 1. The molecule has 2 amide bonds. The summed E-state index contributed by atoms with van der Waals surface area (Å²) in [4.78, 5) is 33.8. The Labute approximate surface area is 292 Å². The molecule has 0 saturated carbocycles. The zero-order chi connectivity index (χ0) is 35.0. The smallest absolute Gasteiger partial charge is 0.257 e. The molecule has 50 heavy (non-hydrogen) atoms. The Morgan fingerprint density at radius 2 is 1.52 bits per heavy atom. The first-order valence-electron chi connectivity index (χ1n) is 16.8. The average Bonchev–Trinajstić information content (AvgIpc) is 3.15. The number of nitrogens with zero attached hydrogens (tertiary/aromatic N) is 2. The number of fused-ring (bicyclic) bond motifs is 2. The predicted molar refractivity (Wildman–Crippen MR) is 195 cm³/mol. The van der Waals surface area contributed by atoms with Crippen LogP contribution in [-0.4, -0.2) is 62.7 Å². The molecule has 1 aliphatic rings. The van der Waals surface area contributed by atoms with E-state index in [1.54, 1.807) is 25.3 Å². The van der Waals surface area contributed by atoms with Crippen molar-refractivity contribution in [2.75, 3.05) is 51.7 Å². The lowest BCUT2D eigenvalue weighted by Crippen LogP contribution is -2.32. The Kier molecular flexibility index (Phi) is 10.8. The van der Waals surface area contributed by atoms with Crippen LogP contribution in [-0.2, 0) is 19.4 Å². The molecular formula is C40H42N4O6. The van der Waals surface area contributed by atoms with Crippen LogP contribution in [0.2, 0.25) is 0 Å². The van der Waals surface area contributed by atoms with E-state index in [1.807, 2.05) is 48.5 Å². The zero-order valence-corrected chi connectivity index (χ0v) is 28.9. The summed E-state index contributed by atoms with van der Waals surface area (Å²) >= 11 is 0. The largest absolute Gasteiger partial charge is 0.493 e. The van der Waals surface area contributed by atoms with Crippen LogP contribution >= 0.6 is 0 Å². The Hall–Kier alpha value is -5.61. The second-order valence-corrected chi connectivity index (χ2v) is 12.2. The van der Waals surface area contributed by atoms with Gasteiger partial charge in [-0.2, -0.15) is 0 Å². The minimum absolute atomic E-state index is 0.222. The van der Waals surface area contributed by atoms with Gasteiger partial charge in [-0.3, -0.25) is 19.5 Å². The topological polar surface area (TPSA) is 111 Å². The molecular weight excluding hydrogens is 632 g/mol. The van der Waals surface area contributed by atoms with E-state index >= 15 is 0 Å². The summed E-state index contributed by atoms with van der Waals surface area (Å²) in [6.07, 6.45) is 4.30. The fourth-order valence-corrected chi connectivity index (χ4v) is 6.10. The standard InChI is InChI=1S/C40H42N4O6/c1-5-18-50-38-20-27-15-17-44(25-30(27)21-35(38)47-2)16-14-26-10-12-31(13-11-26)42-40(46)32-22-36(48-3)37(49-4)23-34(32)43-39(45)29-19-28-8-6-7-9-33(28)41-24-29/h6-13,19-24H,5,14-18,25H2,1-4H3,(H,42,46)(H,43,45). The Balaban J connectivity index is 1.11. The first kappa shape index (κ1) is 34.3. The van der Waals surface area contributed by atoms with Gasteiger partial charge in [0.25, 0.3) is 11.8 Å². The summed E-state index contributed by atoms with van der Waals surface area (Å²) in [5.74, 6) is 1.53. The quantitative estimate of drug-likeness (QED) is 0.135. The van der Waals surface area contributed by atoms with Crippen molar-refractivity contribution in [3.8, 4) is 23.0 Å². The number of amides is 2. The van der Waals surface area contributed by atoms with Crippen molar-refractivity contribution in [1.82, 2.24) is 9.88 Å². The van der Waals surface area contributed by atoms with Crippen molar-refractivity contribution in [2.45, 2.75) is 32.7 Å². The van der Waals surface area contributed by atoms with Gasteiger partial charge in [0.15, 0.2) is 23.0 Å². The molecule has 0 fully saturated rings. The highest BCUT2D eigenvalue weighted by molar-refractivity contribution is 6.13. The van der Waals surface area contributed by atoms with Crippen LogP contribution in [0.25, 0.3) is 10.9 Å². The van der Waals surface area contributed by atoms with E-state index in [9.17, 15) is 9.59 Å². The fraction of sp³-hybridized carbons (Fsp3) is 0.275. The number of anilines is 2. The van der Waals surface area contributed by atoms with Crippen LogP contribution in [0.3, 0.4) is 0 Å². The highest BCUT2D eigenvalue weighted by Gasteiger charge is 2.21. The molecule has 10 heteroatoms. The van der Waals surface area contributed by atoms with Gasteiger partial charge < -0.3 is 29.6 Å². The van der Waals surface area contributed by atoms with Crippen LogP contribution in [0.5, 0.6) is 23.0 Å². The van der Waals surface area contributed by atoms with Crippen LogP contribution < -0.4 is 29.6 Å². The highest BCUT2D eigenvalue weighted by atomic mass is 16.5. The monoisotopic (exact) mass is 674 g/mol. The second kappa shape index (κ2) is 15.7. The SMILES string of the molecule is CCCOc1cc2c(cc1OC)CN(CCc1ccc(NC(=O)c3cc(OC)c(OC)cc3NC(=O)c3cnc4ccccc4c3)cc1)CC2. The molecule has 5 aromatic rings. The number of hydrogen-bond acceptors (Lipinski definition) is 8. The molecule has 1 aromatic heterocycles. The van der Waals surface area contributed by atoms with Crippen molar-refractivity contribution in [2.24, 2.45) is 0 Å². The molecule has 0 spiro atoms. The molecule has 0 aliphatic carbocycles. The minimum Gasteiger partial charge on any atom is -0.493 e. The normalized spacial score (nSPS) is 12.6. The van der Waals surface area contributed by atoms with E-state index < -0.39 is 11.8 Å². The van der Waals surface area contributed by atoms with E-state index in [0.29, 0.717) is 29.4 Å². The van der Waals surface area contributed by atoms with E-state index in [0.717, 1.165) is 66.9 Å². The third-order valence-electron chi connectivity index (χ3n) is 8.84. The molecule has 0 saturated heterocycles. The maximum absolute atomic E-state index is 13.6. The third-order valence-corrected chi connectivity index (χ3v) is 8.84. The van der Waals surface area contributed by atoms with Crippen LogP contribution in [0.4, 0.5) is 11.4 Å². The number of benzene rings is 4. The summed E-state index contributed by atoms with van der Waals surface area (Å²) in [7, 11) is 4.68. The van der Waals surface area contributed by atoms with E-state index in [1.165, 1.54) is 31.5 Å². The third kappa shape index (κ3) is 7.82. The van der Waals surface area contributed by atoms with E-state index in [4.69, 9.17) is 18.9 Å². The minimum atomic E-state index is -0.407. The van der Waals surface area contributed by atoms with Gasteiger partial charge in [-0.15, -0.1) is 0 Å². The Morgan fingerprint density at radius 1 is 0.800 bits per heavy atom. The average molecular weight is 675 g/mol. The lowest BCUT2D eigenvalue weighted by atomic mass is 9.98. The molecule has 10 nitrogen and oxygen atoms in total. The molecule has 0 atom stereocenters. The predicted octanol–water partition coefficient (Wildman–Crippen LogP) is 7.15.